The highest BCUT2D eigenvalue weighted by molar-refractivity contribution is 5.81. The molecule has 0 aromatic carbocycles. The van der Waals surface area contributed by atoms with E-state index in [0.29, 0.717) is 0 Å². The zero-order valence-electron chi connectivity index (χ0n) is 14.3. The first-order chi connectivity index (χ1) is 12.7. The summed E-state index contributed by atoms with van der Waals surface area (Å²) in [7, 11) is 1.06. The van der Waals surface area contributed by atoms with Gasteiger partial charge in [-0.3, -0.25) is 9.36 Å². The van der Waals surface area contributed by atoms with Crippen LogP contribution in [0.3, 0.4) is 0 Å². The van der Waals surface area contributed by atoms with Crippen molar-refractivity contribution >= 4 is 29.1 Å². The lowest BCUT2D eigenvalue weighted by atomic mass is 10.1. The molecule has 0 amide bonds. The summed E-state index contributed by atoms with van der Waals surface area (Å²) < 4.78 is 20.8. The van der Waals surface area contributed by atoms with Gasteiger partial charge in [0.05, 0.1) is 19.9 Å². The van der Waals surface area contributed by atoms with Crippen molar-refractivity contribution < 1.29 is 38.7 Å². The van der Waals surface area contributed by atoms with Gasteiger partial charge in [-0.1, -0.05) is 0 Å². The lowest BCUT2D eigenvalue weighted by Crippen LogP contribution is -2.40. The summed E-state index contributed by atoms with van der Waals surface area (Å²) in [5.41, 5.74) is 6.17. The first-order valence-electron chi connectivity index (χ1n) is 7.68. The number of imidazole rings is 1. The van der Waals surface area contributed by atoms with Crippen LogP contribution in [0.15, 0.2) is 12.7 Å². The fourth-order valence-corrected chi connectivity index (χ4v) is 2.77. The van der Waals surface area contributed by atoms with Crippen LogP contribution in [-0.2, 0) is 23.7 Å². The maximum absolute atomic E-state index is 11.5. The van der Waals surface area contributed by atoms with E-state index < -0.39 is 43.0 Å². The number of rotatable bonds is 4. The van der Waals surface area contributed by atoms with Gasteiger partial charge in [0.25, 0.3) is 5.79 Å². The molecular formula is C14H17N5O8. The molecule has 13 heteroatoms. The Morgan fingerprint density at radius 2 is 2.19 bits per heavy atom. The fourth-order valence-electron chi connectivity index (χ4n) is 2.77. The Bertz CT molecular complexity index is 872. The summed E-state index contributed by atoms with van der Waals surface area (Å²) in [4.78, 5) is 34.5. The number of nitrogens with two attached hydrogens (primary N) is 1. The van der Waals surface area contributed by atoms with Gasteiger partial charge in [-0.2, -0.15) is 0 Å². The predicted molar refractivity (Wildman–Crippen MR) is 84.5 cm³/mol. The molecule has 2 aromatic rings. The summed E-state index contributed by atoms with van der Waals surface area (Å²) in [6.45, 7) is 1.09. The molecule has 0 spiro atoms. The van der Waals surface area contributed by atoms with E-state index in [2.05, 4.69) is 24.4 Å². The van der Waals surface area contributed by atoms with Gasteiger partial charge in [-0.25, -0.2) is 19.7 Å². The van der Waals surface area contributed by atoms with Gasteiger partial charge >= 0.3 is 12.1 Å². The zero-order valence-corrected chi connectivity index (χ0v) is 14.3. The van der Waals surface area contributed by atoms with E-state index in [4.69, 9.17) is 15.2 Å². The second-order valence-corrected chi connectivity index (χ2v) is 5.71. The second kappa shape index (κ2) is 6.94. The molecule has 1 saturated heterocycles. The first-order valence-corrected chi connectivity index (χ1v) is 7.68. The van der Waals surface area contributed by atoms with Crippen LogP contribution in [0.5, 0.6) is 0 Å². The largest absolute Gasteiger partial charge is 0.510 e. The molecule has 13 nitrogen and oxygen atoms in total. The summed E-state index contributed by atoms with van der Waals surface area (Å²) in [5, 5.41) is 20.9. The molecule has 146 valence electrons. The third-order valence-corrected chi connectivity index (χ3v) is 3.85. The Kier molecular flexibility index (Phi) is 4.82. The average molecular weight is 383 g/mol. The molecule has 0 saturated carbocycles. The van der Waals surface area contributed by atoms with Gasteiger partial charge in [0, 0.05) is 6.92 Å². The number of nitrogens with zero attached hydrogens (tertiary/aromatic N) is 4. The predicted octanol–water partition coefficient (Wildman–Crippen LogP) is -0.951. The molecule has 1 aliphatic heterocycles. The molecule has 4 N–H and O–H groups in total. The van der Waals surface area contributed by atoms with Gasteiger partial charge in [0.1, 0.15) is 17.9 Å². The molecule has 27 heavy (non-hydrogen) atoms. The van der Waals surface area contributed by atoms with Crippen molar-refractivity contribution in [1.82, 2.24) is 19.5 Å². The van der Waals surface area contributed by atoms with E-state index in [0.717, 1.165) is 14.0 Å². The van der Waals surface area contributed by atoms with Crippen LogP contribution in [0, 0.1) is 0 Å². The smallest absolute Gasteiger partial charge is 0.438 e. The summed E-state index contributed by atoms with van der Waals surface area (Å²) in [6, 6.07) is 0. The lowest BCUT2D eigenvalue weighted by molar-refractivity contribution is -0.242. The van der Waals surface area contributed by atoms with Crippen LogP contribution in [0.4, 0.5) is 10.6 Å². The highest BCUT2D eigenvalue weighted by Crippen LogP contribution is 2.41. The number of carbonyl (C=O) groups is 2. The van der Waals surface area contributed by atoms with Crippen molar-refractivity contribution in [1.29, 1.82) is 0 Å². The molecule has 1 aliphatic rings. The SMILES string of the molecule is COC(=O)OC(O)[C@@H]1C[C@](O)(OC(C)=O)[C@H](n2cnc3c(N)ncnc32)O1. The second-order valence-electron chi connectivity index (χ2n) is 5.71. The molecule has 2 aromatic heterocycles. The number of hydrogen-bond donors (Lipinski definition) is 3. The molecule has 3 rings (SSSR count). The average Bonchev–Trinajstić information content (AvgIpc) is 3.16. The Hall–Kier alpha value is -3.03. The number of aliphatic hydroxyl groups excluding tert-OH is 1. The minimum atomic E-state index is -2.20. The van der Waals surface area contributed by atoms with E-state index in [1.807, 2.05) is 0 Å². The van der Waals surface area contributed by atoms with Crippen molar-refractivity contribution in [3.05, 3.63) is 12.7 Å². The van der Waals surface area contributed by atoms with E-state index >= 15 is 0 Å². The highest BCUT2D eigenvalue weighted by Gasteiger charge is 2.55. The minimum absolute atomic E-state index is 0.0957. The lowest BCUT2D eigenvalue weighted by Gasteiger charge is -2.28. The normalized spacial score (nSPS) is 25.9. The number of carbonyl (C=O) groups excluding carboxylic acids is 2. The van der Waals surface area contributed by atoms with Crippen LogP contribution in [-0.4, -0.2) is 67.1 Å². The number of esters is 1. The quantitative estimate of drug-likeness (QED) is 0.435. The molecule has 1 unspecified atom stereocenters. The zero-order chi connectivity index (χ0) is 19.8. The Morgan fingerprint density at radius 3 is 2.85 bits per heavy atom. The Balaban J connectivity index is 1.96. The van der Waals surface area contributed by atoms with Crippen molar-refractivity contribution in [3.63, 3.8) is 0 Å². The van der Waals surface area contributed by atoms with E-state index in [1.165, 1.54) is 17.2 Å². The molecule has 3 heterocycles. The number of aliphatic hydroxyl groups is 2. The van der Waals surface area contributed by atoms with E-state index in [-0.39, 0.29) is 17.0 Å². The van der Waals surface area contributed by atoms with Gasteiger partial charge in [0.15, 0.2) is 11.5 Å². The molecular weight excluding hydrogens is 366 g/mol. The maximum atomic E-state index is 11.5. The summed E-state index contributed by atoms with van der Waals surface area (Å²) in [5.74, 6) is -2.91. The summed E-state index contributed by atoms with van der Waals surface area (Å²) >= 11 is 0. The third-order valence-electron chi connectivity index (χ3n) is 3.85. The third kappa shape index (κ3) is 3.47. The molecule has 0 aliphatic carbocycles. The number of nitrogen functional groups attached to an aromatic ring is 1. The van der Waals surface area contributed by atoms with Gasteiger partial charge < -0.3 is 34.9 Å². The topological polar surface area (TPSA) is 181 Å². The van der Waals surface area contributed by atoms with Gasteiger partial charge in [0.2, 0.25) is 12.5 Å². The van der Waals surface area contributed by atoms with Gasteiger partial charge in [-0.15, -0.1) is 0 Å². The molecule has 0 bridgehead atoms. The van der Waals surface area contributed by atoms with Crippen LogP contribution in [0.25, 0.3) is 11.2 Å². The Morgan fingerprint density at radius 1 is 1.44 bits per heavy atom. The van der Waals surface area contributed by atoms with E-state index in [9.17, 15) is 19.8 Å². The minimum Gasteiger partial charge on any atom is -0.438 e. The number of methoxy groups -OCH3 is 1. The molecule has 0 radical (unpaired) electrons. The van der Waals surface area contributed by atoms with Crippen molar-refractivity contribution in [2.75, 3.05) is 12.8 Å². The maximum Gasteiger partial charge on any atom is 0.510 e. The first kappa shape index (κ1) is 18.8. The van der Waals surface area contributed by atoms with Crippen molar-refractivity contribution in [2.45, 2.75) is 37.8 Å². The van der Waals surface area contributed by atoms with Crippen LogP contribution < -0.4 is 5.73 Å². The van der Waals surface area contributed by atoms with Crippen LogP contribution in [0.2, 0.25) is 0 Å². The molecule has 1 fully saturated rings. The number of ether oxygens (including phenoxy) is 4. The van der Waals surface area contributed by atoms with E-state index in [1.54, 1.807) is 0 Å². The number of anilines is 1. The van der Waals surface area contributed by atoms with Gasteiger partial charge in [-0.05, 0) is 0 Å². The molecule has 4 atom stereocenters. The number of hydrogen-bond acceptors (Lipinski definition) is 12. The van der Waals surface area contributed by atoms with Crippen LogP contribution in [0.1, 0.15) is 19.6 Å². The Labute approximate surface area is 151 Å². The van der Waals surface area contributed by atoms with Crippen LogP contribution >= 0.6 is 0 Å². The monoisotopic (exact) mass is 383 g/mol. The van der Waals surface area contributed by atoms with Crippen molar-refractivity contribution in [2.24, 2.45) is 0 Å². The highest BCUT2D eigenvalue weighted by atomic mass is 16.8. The summed E-state index contributed by atoms with van der Waals surface area (Å²) in [6.07, 6.45) is -3.52. The number of aromatic nitrogens is 4. The fraction of sp³-hybridized carbons (Fsp3) is 0.500. The van der Waals surface area contributed by atoms with Crippen molar-refractivity contribution in [3.8, 4) is 0 Å². The standard InChI is InChI=1S/C14H17N5O8/c1-6(20)27-14(23)3-7(11(21)26-13(22)24-2)25-12(14)19-5-18-8-9(15)16-4-17-10(8)19/h4-5,7,11-12,21,23H,3H2,1-2H3,(H2,15,16,17)/t7-,11?,12+,14-/m0/s1. The number of fused-ring (bicyclic) bond motifs is 1.